The summed E-state index contributed by atoms with van der Waals surface area (Å²) in [5, 5.41) is 13.0. The van der Waals surface area contributed by atoms with Gasteiger partial charge in [0.25, 0.3) is 0 Å². The molecule has 2 nitrogen and oxygen atoms in total. The smallest absolute Gasteiger partial charge is 0.0499 e. The molecule has 2 N–H and O–H groups in total. The average molecular weight is 197 g/mol. The van der Waals surface area contributed by atoms with Crippen molar-refractivity contribution in [2.45, 2.75) is 44.9 Å². The SMILES string of the molecule is OCC1(CC2CCCC2)CCCNC1. The zero-order valence-electron chi connectivity index (χ0n) is 9.10. The molecule has 2 rings (SSSR count). The molecule has 2 aliphatic rings. The first kappa shape index (κ1) is 10.4. The van der Waals surface area contributed by atoms with E-state index in [1.54, 1.807) is 0 Å². The maximum absolute atomic E-state index is 9.56. The van der Waals surface area contributed by atoms with Crippen LogP contribution < -0.4 is 5.32 Å². The van der Waals surface area contributed by atoms with E-state index in [-0.39, 0.29) is 5.41 Å². The molecule has 0 amide bonds. The fourth-order valence-electron chi connectivity index (χ4n) is 3.23. The van der Waals surface area contributed by atoms with Gasteiger partial charge in [0.2, 0.25) is 0 Å². The molecule has 2 heteroatoms. The molecule has 0 aromatic rings. The lowest BCUT2D eigenvalue weighted by atomic mass is 9.74. The van der Waals surface area contributed by atoms with E-state index in [4.69, 9.17) is 0 Å². The fourth-order valence-corrected chi connectivity index (χ4v) is 3.23. The monoisotopic (exact) mass is 197 g/mol. The van der Waals surface area contributed by atoms with E-state index in [0.29, 0.717) is 6.61 Å². The Bertz CT molecular complexity index is 169. The van der Waals surface area contributed by atoms with Crippen LogP contribution in [-0.4, -0.2) is 24.8 Å². The highest BCUT2D eigenvalue weighted by Crippen LogP contribution is 2.39. The quantitative estimate of drug-likeness (QED) is 0.724. The maximum atomic E-state index is 9.56. The van der Waals surface area contributed by atoms with Gasteiger partial charge in [0.15, 0.2) is 0 Å². The summed E-state index contributed by atoms with van der Waals surface area (Å²) in [6, 6.07) is 0. The Morgan fingerprint density at radius 1 is 1.21 bits per heavy atom. The van der Waals surface area contributed by atoms with Gasteiger partial charge >= 0.3 is 0 Å². The molecule has 0 aromatic carbocycles. The fraction of sp³-hybridized carbons (Fsp3) is 1.00. The minimum Gasteiger partial charge on any atom is -0.396 e. The summed E-state index contributed by atoms with van der Waals surface area (Å²) < 4.78 is 0. The van der Waals surface area contributed by atoms with Crippen molar-refractivity contribution in [2.24, 2.45) is 11.3 Å². The molecule has 1 saturated heterocycles. The number of piperidine rings is 1. The summed E-state index contributed by atoms with van der Waals surface area (Å²) >= 11 is 0. The summed E-state index contributed by atoms with van der Waals surface area (Å²) in [6.45, 7) is 2.57. The lowest BCUT2D eigenvalue weighted by Crippen LogP contribution is -2.43. The van der Waals surface area contributed by atoms with Gasteiger partial charge in [0.1, 0.15) is 0 Å². The first-order valence-corrected chi connectivity index (χ1v) is 6.16. The number of hydrogen-bond acceptors (Lipinski definition) is 2. The van der Waals surface area contributed by atoms with E-state index >= 15 is 0 Å². The van der Waals surface area contributed by atoms with Crippen LogP contribution in [0.5, 0.6) is 0 Å². The van der Waals surface area contributed by atoms with Gasteiger partial charge in [-0.1, -0.05) is 25.7 Å². The number of aliphatic hydroxyl groups is 1. The van der Waals surface area contributed by atoms with Gasteiger partial charge in [-0.2, -0.15) is 0 Å². The number of hydrogen-bond donors (Lipinski definition) is 2. The van der Waals surface area contributed by atoms with E-state index in [1.807, 2.05) is 0 Å². The van der Waals surface area contributed by atoms with Gasteiger partial charge in [-0.25, -0.2) is 0 Å². The van der Waals surface area contributed by atoms with Crippen LogP contribution in [0.2, 0.25) is 0 Å². The second-order valence-corrected chi connectivity index (χ2v) is 5.29. The summed E-state index contributed by atoms with van der Waals surface area (Å²) in [7, 11) is 0. The van der Waals surface area contributed by atoms with Crippen molar-refractivity contribution >= 4 is 0 Å². The Morgan fingerprint density at radius 2 is 2.00 bits per heavy atom. The molecule has 0 spiro atoms. The molecule has 0 bridgehead atoms. The standard InChI is InChI=1S/C12H23NO/c14-10-12(6-3-7-13-9-12)8-11-4-1-2-5-11/h11,13-14H,1-10H2. The van der Waals surface area contributed by atoms with Crippen LogP contribution in [0.4, 0.5) is 0 Å². The van der Waals surface area contributed by atoms with Crippen molar-refractivity contribution < 1.29 is 5.11 Å². The molecule has 2 fully saturated rings. The van der Waals surface area contributed by atoms with Crippen molar-refractivity contribution in [1.82, 2.24) is 5.32 Å². The Morgan fingerprint density at radius 3 is 2.57 bits per heavy atom. The molecular formula is C12H23NO. The normalized spacial score (nSPS) is 34.9. The van der Waals surface area contributed by atoms with Crippen LogP contribution in [0.15, 0.2) is 0 Å². The largest absolute Gasteiger partial charge is 0.396 e. The number of rotatable bonds is 3. The number of nitrogens with one attached hydrogen (secondary N) is 1. The van der Waals surface area contributed by atoms with Crippen LogP contribution >= 0.6 is 0 Å². The summed E-state index contributed by atoms with van der Waals surface area (Å²) in [5.41, 5.74) is 0.229. The van der Waals surface area contributed by atoms with Crippen molar-refractivity contribution in [2.75, 3.05) is 19.7 Å². The van der Waals surface area contributed by atoms with Gasteiger partial charge in [-0.15, -0.1) is 0 Å². The van der Waals surface area contributed by atoms with Crippen LogP contribution in [0, 0.1) is 11.3 Å². The third-order valence-electron chi connectivity index (χ3n) is 4.09. The molecular weight excluding hydrogens is 174 g/mol. The lowest BCUT2D eigenvalue weighted by molar-refractivity contribution is 0.0691. The molecule has 1 heterocycles. The molecule has 1 saturated carbocycles. The second kappa shape index (κ2) is 4.63. The van der Waals surface area contributed by atoms with E-state index in [0.717, 1.165) is 19.0 Å². The average Bonchev–Trinajstić information content (AvgIpc) is 2.72. The topological polar surface area (TPSA) is 32.3 Å². The Balaban J connectivity index is 1.89. The summed E-state index contributed by atoms with van der Waals surface area (Å²) in [5.74, 6) is 0.905. The molecule has 14 heavy (non-hydrogen) atoms. The van der Waals surface area contributed by atoms with E-state index < -0.39 is 0 Å². The molecule has 82 valence electrons. The van der Waals surface area contributed by atoms with Gasteiger partial charge in [-0.3, -0.25) is 0 Å². The minimum atomic E-state index is 0.229. The van der Waals surface area contributed by atoms with Crippen molar-refractivity contribution in [3.05, 3.63) is 0 Å². The molecule has 1 aliphatic carbocycles. The number of aliphatic hydroxyl groups excluding tert-OH is 1. The van der Waals surface area contributed by atoms with Crippen molar-refractivity contribution in [1.29, 1.82) is 0 Å². The van der Waals surface area contributed by atoms with Gasteiger partial charge in [0.05, 0.1) is 0 Å². The summed E-state index contributed by atoms with van der Waals surface area (Å²) in [4.78, 5) is 0. The second-order valence-electron chi connectivity index (χ2n) is 5.29. The van der Waals surface area contributed by atoms with E-state index in [1.165, 1.54) is 44.9 Å². The molecule has 1 unspecified atom stereocenters. The van der Waals surface area contributed by atoms with E-state index in [2.05, 4.69) is 5.32 Å². The highest BCUT2D eigenvalue weighted by Gasteiger charge is 2.34. The van der Waals surface area contributed by atoms with Crippen LogP contribution in [0.3, 0.4) is 0 Å². The Kier molecular flexibility index (Phi) is 3.45. The zero-order chi connectivity index (χ0) is 9.86. The van der Waals surface area contributed by atoms with Gasteiger partial charge in [-0.05, 0) is 31.7 Å². The molecule has 0 aromatic heterocycles. The lowest BCUT2D eigenvalue weighted by Gasteiger charge is -2.38. The molecule has 1 aliphatic heterocycles. The summed E-state index contributed by atoms with van der Waals surface area (Å²) in [6.07, 6.45) is 9.37. The highest BCUT2D eigenvalue weighted by atomic mass is 16.3. The van der Waals surface area contributed by atoms with Gasteiger partial charge < -0.3 is 10.4 Å². The first-order chi connectivity index (χ1) is 6.85. The maximum Gasteiger partial charge on any atom is 0.0499 e. The van der Waals surface area contributed by atoms with Crippen LogP contribution in [0.1, 0.15) is 44.9 Å². The van der Waals surface area contributed by atoms with Gasteiger partial charge in [0, 0.05) is 18.6 Å². The Hall–Kier alpha value is -0.0800. The van der Waals surface area contributed by atoms with E-state index in [9.17, 15) is 5.11 Å². The van der Waals surface area contributed by atoms with Crippen LogP contribution in [-0.2, 0) is 0 Å². The highest BCUT2D eigenvalue weighted by molar-refractivity contribution is 4.88. The molecule has 0 radical (unpaired) electrons. The first-order valence-electron chi connectivity index (χ1n) is 6.16. The third-order valence-corrected chi connectivity index (χ3v) is 4.09. The Labute approximate surface area is 87.1 Å². The predicted octanol–water partition coefficient (Wildman–Crippen LogP) is 1.93. The minimum absolute atomic E-state index is 0.229. The third kappa shape index (κ3) is 2.29. The zero-order valence-corrected chi connectivity index (χ0v) is 9.10. The van der Waals surface area contributed by atoms with Crippen molar-refractivity contribution in [3.8, 4) is 0 Å². The van der Waals surface area contributed by atoms with Crippen LogP contribution in [0.25, 0.3) is 0 Å². The van der Waals surface area contributed by atoms with Crippen molar-refractivity contribution in [3.63, 3.8) is 0 Å². The predicted molar refractivity (Wildman–Crippen MR) is 58.2 cm³/mol. The molecule has 1 atom stereocenters.